The molecule has 44 heavy (non-hydrogen) atoms. The van der Waals surface area contributed by atoms with E-state index in [0.717, 1.165) is 76.4 Å². The van der Waals surface area contributed by atoms with Gasteiger partial charge in [0.2, 0.25) is 0 Å². The Kier molecular flexibility index (Phi) is 9.75. The van der Waals surface area contributed by atoms with Gasteiger partial charge in [-0.05, 0) is 85.8 Å². The summed E-state index contributed by atoms with van der Waals surface area (Å²) >= 11 is 0. The quantitative estimate of drug-likeness (QED) is 0.368. The van der Waals surface area contributed by atoms with Crippen LogP contribution in [0.5, 0.6) is 0 Å². The third kappa shape index (κ3) is 6.84. The standard InChI is InChI=1S/C34H52N8O2/c1-7-8-9-28(25-10-12-26(13-11-25)31(43)35-22-29-37-39-40-38-29)42-32(44)30(41-20-16-24(17-21-41)23(2)3)36-34(42)18-14-27(15-19-34)33(4,5)6/h10-13,23-24,27-28H,7-9,14-22H2,1-6H3,(H,35,43)(H,37,38,39,40)/t27?,28-,34?/m1/s1. The third-order valence-electron chi connectivity index (χ3n) is 10.5. The molecule has 2 aliphatic heterocycles. The van der Waals surface area contributed by atoms with Gasteiger partial charge >= 0.3 is 0 Å². The van der Waals surface area contributed by atoms with Gasteiger partial charge in [0.15, 0.2) is 11.7 Å². The average Bonchev–Trinajstić information content (AvgIpc) is 3.63. The number of nitrogens with one attached hydrogen (secondary N) is 2. The maximum absolute atomic E-state index is 14.6. The van der Waals surface area contributed by atoms with Crippen LogP contribution >= 0.6 is 0 Å². The Morgan fingerprint density at radius 2 is 1.77 bits per heavy atom. The maximum atomic E-state index is 14.6. The van der Waals surface area contributed by atoms with Crippen molar-refractivity contribution >= 4 is 17.6 Å². The van der Waals surface area contributed by atoms with Gasteiger partial charge in [0.05, 0.1) is 12.6 Å². The zero-order valence-electron chi connectivity index (χ0n) is 27.6. The van der Waals surface area contributed by atoms with Crippen LogP contribution in [0.25, 0.3) is 0 Å². The van der Waals surface area contributed by atoms with Crippen LogP contribution in [0.2, 0.25) is 0 Å². The summed E-state index contributed by atoms with van der Waals surface area (Å²) in [6.07, 6.45) is 9.07. The lowest BCUT2D eigenvalue weighted by Gasteiger charge is -2.47. The summed E-state index contributed by atoms with van der Waals surface area (Å²) in [5.41, 5.74) is 1.35. The summed E-state index contributed by atoms with van der Waals surface area (Å²) < 4.78 is 0. The molecule has 2 N–H and O–H groups in total. The second-order valence-electron chi connectivity index (χ2n) is 14.6. The zero-order valence-corrected chi connectivity index (χ0v) is 27.6. The van der Waals surface area contributed by atoms with Gasteiger partial charge < -0.3 is 15.1 Å². The number of rotatable bonds is 9. The number of likely N-dealkylation sites (tertiary alicyclic amines) is 1. The molecule has 1 saturated carbocycles. The van der Waals surface area contributed by atoms with Crippen LogP contribution in [0.3, 0.4) is 0 Å². The summed E-state index contributed by atoms with van der Waals surface area (Å²) in [6, 6.07) is 7.68. The van der Waals surface area contributed by atoms with E-state index in [0.29, 0.717) is 35.0 Å². The number of hydrogen-bond donors (Lipinski definition) is 2. The van der Waals surface area contributed by atoms with Gasteiger partial charge in [-0.3, -0.25) is 9.59 Å². The lowest BCUT2D eigenvalue weighted by Crippen LogP contribution is -2.52. The molecule has 0 radical (unpaired) electrons. The van der Waals surface area contributed by atoms with Crippen LogP contribution in [-0.4, -0.2) is 66.8 Å². The molecule has 10 nitrogen and oxygen atoms in total. The highest BCUT2D eigenvalue weighted by Crippen LogP contribution is 2.50. The highest BCUT2D eigenvalue weighted by atomic mass is 16.2. The van der Waals surface area contributed by atoms with Crippen molar-refractivity contribution in [2.75, 3.05) is 13.1 Å². The number of nitrogens with zero attached hydrogens (tertiary/aromatic N) is 6. The SMILES string of the molecule is CCCC[C@H](c1ccc(C(=O)NCc2nn[nH]n2)cc1)N1C(=O)C(N2CCC(C(C)C)CC2)=NC12CCC(C(C)(C)C)CC2. The molecule has 2 fully saturated rings. The Morgan fingerprint density at radius 1 is 1.09 bits per heavy atom. The minimum Gasteiger partial charge on any atom is -0.352 e. The van der Waals surface area contributed by atoms with Crippen LogP contribution in [0.1, 0.15) is 127 Å². The molecule has 1 spiro atoms. The number of carbonyl (C=O) groups is 2. The number of benzene rings is 1. The number of carbonyl (C=O) groups excluding carboxylic acids is 2. The van der Waals surface area contributed by atoms with Crippen molar-refractivity contribution in [2.45, 2.75) is 118 Å². The minimum atomic E-state index is -0.512. The van der Waals surface area contributed by atoms with E-state index < -0.39 is 5.66 Å². The number of amidine groups is 1. The maximum Gasteiger partial charge on any atom is 0.291 e. The van der Waals surface area contributed by atoms with Crippen molar-refractivity contribution in [1.29, 1.82) is 0 Å². The molecule has 1 aliphatic carbocycles. The second-order valence-corrected chi connectivity index (χ2v) is 14.6. The first-order valence-electron chi connectivity index (χ1n) is 16.8. The smallest absolute Gasteiger partial charge is 0.291 e. The first-order valence-corrected chi connectivity index (χ1v) is 16.8. The third-order valence-corrected chi connectivity index (χ3v) is 10.5. The number of unbranched alkanes of at least 4 members (excludes halogenated alkanes) is 1. The normalized spacial score (nSPS) is 23.8. The Bertz CT molecular complexity index is 1280. The molecule has 0 bridgehead atoms. The van der Waals surface area contributed by atoms with Crippen LogP contribution in [0.4, 0.5) is 0 Å². The number of H-pyrrole nitrogens is 1. The highest BCUT2D eigenvalue weighted by Gasteiger charge is 2.53. The summed E-state index contributed by atoms with van der Waals surface area (Å²) in [6.45, 7) is 15.8. The minimum absolute atomic E-state index is 0.0882. The highest BCUT2D eigenvalue weighted by molar-refractivity contribution is 6.39. The Labute approximate surface area is 262 Å². The van der Waals surface area contributed by atoms with Crippen molar-refractivity contribution in [2.24, 2.45) is 28.2 Å². The average molecular weight is 605 g/mol. The van der Waals surface area contributed by atoms with Gasteiger partial charge in [-0.2, -0.15) is 5.21 Å². The Morgan fingerprint density at radius 3 is 2.34 bits per heavy atom. The summed E-state index contributed by atoms with van der Waals surface area (Å²) in [5.74, 6) is 2.98. The van der Waals surface area contributed by atoms with Crippen LogP contribution < -0.4 is 5.32 Å². The fourth-order valence-electron chi connectivity index (χ4n) is 7.53. The molecule has 1 aromatic heterocycles. The van der Waals surface area contributed by atoms with E-state index in [1.807, 2.05) is 24.3 Å². The van der Waals surface area contributed by atoms with E-state index >= 15 is 0 Å². The van der Waals surface area contributed by atoms with E-state index in [2.05, 4.69) is 77.3 Å². The summed E-state index contributed by atoms with van der Waals surface area (Å²) in [7, 11) is 0. The van der Waals surface area contributed by atoms with Crippen molar-refractivity contribution in [1.82, 2.24) is 35.7 Å². The van der Waals surface area contributed by atoms with Crippen molar-refractivity contribution in [3.05, 3.63) is 41.2 Å². The molecule has 10 heteroatoms. The molecule has 2 amide bonds. The monoisotopic (exact) mass is 604 g/mol. The topological polar surface area (TPSA) is 119 Å². The molecule has 0 unspecified atom stereocenters. The fraction of sp³-hybridized carbons (Fsp3) is 0.706. The van der Waals surface area contributed by atoms with Crippen molar-refractivity contribution in [3.63, 3.8) is 0 Å². The van der Waals surface area contributed by atoms with Gasteiger partial charge in [-0.25, -0.2) is 4.99 Å². The molecule has 3 heterocycles. The Hall–Kier alpha value is -3.30. The predicted octanol–water partition coefficient (Wildman–Crippen LogP) is 5.90. The molecule has 1 atom stereocenters. The number of piperidine rings is 1. The van der Waals surface area contributed by atoms with Gasteiger partial charge in [0.25, 0.3) is 11.8 Å². The molecular weight excluding hydrogens is 552 g/mol. The molecule has 1 saturated heterocycles. The molecular formula is C34H52N8O2. The summed E-state index contributed by atoms with van der Waals surface area (Å²) in [5, 5.41) is 16.6. The van der Waals surface area contributed by atoms with E-state index in [1.54, 1.807) is 0 Å². The number of hydrogen-bond acceptors (Lipinski definition) is 7. The lowest BCUT2D eigenvalue weighted by molar-refractivity contribution is -0.134. The Balaban J connectivity index is 1.42. The first kappa shape index (κ1) is 32.1. The van der Waals surface area contributed by atoms with E-state index in [4.69, 9.17) is 4.99 Å². The van der Waals surface area contributed by atoms with Crippen LogP contribution in [0.15, 0.2) is 29.3 Å². The van der Waals surface area contributed by atoms with Gasteiger partial charge in [0.1, 0.15) is 5.66 Å². The molecule has 1 aromatic carbocycles. The largest absolute Gasteiger partial charge is 0.352 e. The number of aliphatic imine (C=N–C) groups is 1. The van der Waals surface area contributed by atoms with Crippen molar-refractivity contribution < 1.29 is 9.59 Å². The first-order chi connectivity index (χ1) is 21.0. The van der Waals surface area contributed by atoms with Gasteiger partial charge in [-0.1, -0.05) is 71.7 Å². The number of amides is 2. The molecule has 3 aliphatic rings. The van der Waals surface area contributed by atoms with E-state index in [9.17, 15) is 9.59 Å². The van der Waals surface area contributed by atoms with Crippen LogP contribution in [-0.2, 0) is 11.3 Å². The van der Waals surface area contributed by atoms with Crippen molar-refractivity contribution in [3.8, 4) is 0 Å². The molecule has 2 aromatic rings. The lowest BCUT2D eigenvalue weighted by atomic mass is 9.69. The molecule has 240 valence electrons. The van der Waals surface area contributed by atoms with Crippen LogP contribution in [0, 0.1) is 23.2 Å². The fourth-order valence-corrected chi connectivity index (χ4v) is 7.53. The number of tetrazole rings is 1. The summed E-state index contributed by atoms with van der Waals surface area (Å²) in [4.78, 5) is 37.3. The second kappa shape index (κ2) is 13.4. The van der Waals surface area contributed by atoms with E-state index in [1.165, 1.54) is 0 Å². The van der Waals surface area contributed by atoms with E-state index in [-0.39, 0.29) is 29.8 Å². The molecule has 5 rings (SSSR count). The number of aromatic nitrogens is 4. The van der Waals surface area contributed by atoms with Gasteiger partial charge in [0, 0.05) is 18.7 Å². The van der Waals surface area contributed by atoms with Gasteiger partial charge in [-0.15, -0.1) is 10.2 Å². The number of aromatic amines is 1. The predicted molar refractivity (Wildman–Crippen MR) is 172 cm³/mol. The zero-order chi connectivity index (χ0) is 31.5.